The summed E-state index contributed by atoms with van der Waals surface area (Å²) in [5, 5.41) is 0. The van der Waals surface area contributed by atoms with Crippen LogP contribution >= 0.6 is 0 Å². The van der Waals surface area contributed by atoms with E-state index in [0.29, 0.717) is 19.3 Å². The van der Waals surface area contributed by atoms with E-state index in [2.05, 4.69) is 0 Å². The van der Waals surface area contributed by atoms with E-state index < -0.39 is 163 Å². The van der Waals surface area contributed by atoms with Crippen LogP contribution in [0.5, 0.6) is 0 Å². The number of carbonyl (C=O) groups excluding carboxylic acids is 13. The Morgan fingerprint density at radius 3 is 1.15 bits per heavy atom. The first kappa shape index (κ1) is 73.2. The van der Waals surface area contributed by atoms with Gasteiger partial charge in [0.05, 0.1) is 6.10 Å². The van der Waals surface area contributed by atoms with Crippen LogP contribution in [0.4, 0.5) is 0 Å². The third kappa shape index (κ3) is 27.6. The summed E-state index contributed by atoms with van der Waals surface area (Å²) < 4.78 is 69.0. The Morgan fingerprint density at radius 2 is 0.776 bits per heavy atom. The van der Waals surface area contributed by atoms with Crippen molar-refractivity contribution >= 4 is 77.6 Å². The minimum atomic E-state index is -1.64. The molecule has 26 heteroatoms. The summed E-state index contributed by atoms with van der Waals surface area (Å²) in [6.45, 7) is 17.5. The van der Waals surface area contributed by atoms with E-state index >= 15 is 0 Å². The number of esters is 13. The highest BCUT2D eigenvalue weighted by molar-refractivity contribution is 5.87. The molecule has 1 aromatic carbocycles. The Hall–Kier alpha value is -7.93. The molecule has 0 aromatic heterocycles. The smallest absolute Gasteiger partial charge is 0.347 e. The normalized spacial score (nSPS) is 19.0. The van der Waals surface area contributed by atoms with Gasteiger partial charge in [0, 0.05) is 45.4 Å². The number of carbonyl (C=O) groups is 13. The molecule has 5 unspecified atom stereocenters. The monoisotopic (exact) mass is 1210 g/mol. The van der Waals surface area contributed by atoms with Crippen LogP contribution in [-0.2, 0) is 130 Å². The van der Waals surface area contributed by atoms with Gasteiger partial charge >= 0.3 is 77.6 Å². The maximum Gasteiger partial charge on any atom is 0.347 e. The molecule has 1 aromatic rings. The lowest BCUT2D eigenvalue weighted by molar-refractivity contribution is -0.184. The predicted octanol–water partition coefficient (Wildman–Crippen LogP) is 5.28. The third-order valence-electron chi connectivity index (χ3n) is 12.7. The molecule has 2 rings (SSSR count). The lowest BCUT2D eigenvalue weighted by Crippen LogP contribution is -2.37. The van der Waals surface area contributed by atoms with Crippen LogP contribution in [-0.4, -0.2) is 157 Å². The highest BCUT2D eigenvalue weighted by atomic mass is 16.7. The maximum atomic E-state index is 14.0. The zero-order chi connectivity index (χ0) is 64.2. The van der Waals surface area contributed by atoms with E-state index in [0.717, 1.165) is 33.3 Å². The average Bonchev–Trinajstić information content (AvgIpc) is 4.03. The van der Waals surface area contributed by atoms with Crippen molar-refractivity contribution in [2.24, 2.45) is 11.8 Å². The fraction of sp³-hybridized carbons (Fsp3) is 0.644. The zero-order valence-electron chi connectivity index (χ0n) is 50.7. The summed E-state index contributed by atoms with van der Waals surface area (Å²) in [4.78, 5) is 165. The van der Waals surface area contributed by atoms with Gasteiger partial charge in [-0.05, 0) is 127 Å². The predicted molar refractivity (Wildman–Crippen MR) is 291 cm³/mol. The third-order valence-corrected chi connectivity index (χ3v) is 12.7. The minimum absolute atomic E-state index is 0.0404. The van der Waals surface area contributed by atoms with Crippen molar-refractivity contribution in [1.29, 1.82) is 0 Å². The number of unbranched alkanes of at least 4 members (excludes halogenated alkanes) is 1. The number of hydrogen-bond donors (Lipinski definition) is 0. The number of hydrogen-bond acceptors (Lipinski definition) is 26. The van der Waals surface area contributed by atoms with Gasteiger partial charge < -0.3 is 61.6 Å². The molecule has 0 radical (unpaired) electrons. The van der Waals surface area contributed by atoms with Crippen LogP contribution in [0.1, 0.15) is 154 Å². The lowest BCUT2D eigenvalue weighted by atomic mass is 9.85. The molecule has 1 aliphatic rings. The second kappa shape index (κ2) is 36.7. The van der Waals surface area contributed by atoms with Gasteiger partial charge in [0.1, 0.15) is 18.3 Å². The zero-order valence-corrected chi connectivity index (χ0v) is 50.7. The highest BCUT2D eigenvalue weighted by Gasteiger charge is 2.48. The van der Waals surface area contributed by atoms with E-state index in [1.807, 2.05) is 30.3 Å². The molecule has 0 bridgehead atoms. The molecule has 0 N–H and O–H groups in total. The van der Waals surface area contributed by atoms with Crippen molar-refractivity contribution in [3.8, 4) is 0 Å². The van der Waals surface area contributed by atoms with Crippen LogP contribution in [0, 0.1) is 11.8 Å². The van der Waals surface area contributed by atoms with Crippen molar-refractivity contribution < 1.29 is 124 Å². The molecule has 0 saturated heterocycles. The number of ether oxygens (including phenoxy) is 13. The summed E-state index contributed by atoms with van der Waals surface area (Å²) in [5.41, 5.74) is 0.868. The molecule has 85 heavy (non-hydrogen) atoms. The second-order valence-electron chi connectivity index (χ2n) is 20.5. The molecular weight excluding hydrogens is 1120 g/mol. The molecule has 0 amide bonds. The molecule has 1 saturated carbocycles. The van der Waals surface area contributed by atoms with Gasteiger partial charge in [0.2, 0.25) is 0 Å². The number of allylic oxidation sites excluding steroid dienone is 2. The van der Waals surface area contributed by atoms with E-state index in [1.54, 1.807) is 26.0 Å². The van der Waals surface area contributed by atoms with E-state index in [-0.39, 0.29) is 44.6 Å². The molecule has 1 aliphatic carbocycles. The standard InChI is InChI=1S/C59H82O26/c1-31(2)73-50(63)25-21-16-15-20-24-46-47(29-28-45(27-26-44-22-18-17-19-23-44)83-57(70)38(9)80-54(67)35(6)77-51(64)32(3)74-41(12)60)49(85-59(72)40(11)82-56(69)37(8)79-53(66)34(5)76-43(14)62)30-48(46)84-58(71)39(10)81-55(68)36(7)78-52(65)33(4)75-42(13)61/h15,17-20,22-23,31-40,45-49H,16,21,24-30H2,1-14H3/b20-15-/t32-,33-,34-,35-,36-,37-,38-,39-,40-,45?,46?,47?,48?,49?/m0/s1. The van der Waals surface area contributed by atoms with Crippen LogP contribution in [0.3, 0.4) is 0 Å². The summed E-state index contributed by atoms with van der Waals surface area (Å²) in [6.07, 6.45) is -11.9. The molecular formula is C59H82O26. The SMILES string of the molecule is CC(=O)O[C@@H](C)C(=O)O[C@@H](C)C(=O)O[C@@H](C)C(=O)OC(CCc1ccccc1)CCC1C(OC(=O)[C@H](C)OC(=O)[C@H](C)OC(=O)[C@H](C)OC(C)=O)CC(OC(=O)[C@H](C)OC(=O)[C@H](C)OC(=O)[C@H](C)OC(C)=O)C1C/C=C\CCCC(=O)OC(C)C. The van der Waals surface area contributed by atoms with Crippen molar-refractivity contribution in [2.75, 3.05) is 0 Å². The topological polar surface area (TPSA) is 342 Å². The lowest BCUT2D eigenvalue weighted by Gasteiger charge is -2.29. The molecule has 0 spiro atoms. The van der Waals surface area contributed by atoms with E-state index in [9.17, 15) is 62.3 Å². The quantitative estimate of drug-likeness (QED) is 0.0366. The van der Waals surface area contributed by atoms with E-state index in [4.69, 9.17) is 61.6 Å². The van der Waals surface area contributed by atoms with E-state index in [1.165, 1.54) is 55.4 Å². The van der Waals surface area contributed by atoms with Gasteiger partial charge in [-0.2, -0.15) is 0 Å². The Kier molecular flexibility index (Phi) is 31.6. The fourth-order valence-electron chi connectivity index (χ4n) is 8.35. The minimum Gasteiger partial charge on any atom is -0.463 e. The Bertz CT molecular complexity index is 2490. The molecule has 0 heterocycles. The molecule has 14 atom stereocenters. The first-order chi connectivity index (χ1) is 39.8. The summed E-state index contributed by atoms with van der Waals surface area (Å²) in [7, 11) is 0. The Balaban J connectivity index is 2.60. The van der Waals surface area contributed by atoms with Gasteiger partial charge in [0.25, 0.3) is 0 Å². The summed E-state index contributed by atoms with van der Waals surface area (Å²) in [5.74, 6) is -14.0. The number of aryl methyl sites for hydroxylation is 1. The first-order valence-corrected chi connectivity index (χ1v) is 28.0. The summed E-state index contributed by atoms with van der Waals surface area (Å²) in [6, 6.07) is 9.16. The van der Waals surface area contributed by atoms with Crippen molar-refractivity contribution in [3.05, 3.63) is 48.0 Å². The van der Waals surface area contributed by atoms with Gasteiger partial charge in [-0.3, -0.25) is 19.2 Å². The molecule has 0 aliphatic heterocycles. The van der Waals surface area contributed by atoms with Gasteiger partial charge in [0.15, 0.2) is 54.9 Å². The number of rotatable bonds is 34. The fourth-order valence-corrected chi connectivity index (χ4v) is 8.35. The van der Waals surface area contributed by atoms with Crippen LogP contribution < -0.4 is 0 Å². The van der Waals surface area contributed by atoms with Gasteiger partial charge in [-0.15, -0.1) is 0 Å². The van der Waals surface area contributed by atoms with Crippen LogP contribution in [0.25, 0.3) is 0 Å². The highest BCUT2D eigenvalue weighted by Crippen LogP contribution is 2.43. The second-order valence-corrected chi connectivity index (χ2v) is 20.5. The first-order valence-electron chi connectivity index (χ1n) is 28.0. The number of benzene rings is 1. The van der Waals surface area contributed by atoms with Gasteiger partial charge in [-0.1, -0.05) is 42.5 Å². The average molecular weight is 1210 g/mol. The van der Waals surface area contributed by atoms with Crippen LogP contribution in [0.2, 0.25) is 0 Å². The van der Waals surface area contributed by atoms with Crippen molar-refractivity contribution in [3.63, 3.8) is 0 Å². The van der Waals surface area contributed by atoms with Gasteiger partial charge in [-0.25, -0.2) is 43.2 Å². The van der Waals surface area contributed by atoms with Crippen molar-refractivity contribution in [2.45, 2.75) is 234 Å². The molecule has 474 valence electrons. The summed E-state index contributed by atoms with van der Waals surface area (Å²) >= 11 is 0. The molecule has 26 nitrogen and oxygen atoms in total. The van der Waals surface area contributed by atoms with Crippen LogP contribution in [0.15, 0.2) is 42.5 Å². The Morgan fingerprint density at radius 1 is 0.424 bits per heavy atom. The largest absolute Gasteiger partial charge is 0.463 e. The van der Waals surface area contributed by atoms with Crippen molar-refractivity contribution in [1.82, 2.24) is 0 Å². The molecule has 1 fully saturated rings. The Labute approximate surface area is 494 Å². The maximum absolute atomic E-state index is 14.0.